The Kier molecular flexibility index (Phi) is 7.16. The van der Waals surface area contributed by atoms with Crippen molar-refractivity contribution < 1.29 is 22.3 Å². The fourth-order valence-electron chi connectivity index (χ4n) is 2.88. The molecule has 0 aliphatic rings. The van der Waals surface area contributed by atoms with Gasteiger partial charge in [-0.25, -0.2) is 0 Å². The van der Waals surface area contributed by atoms with E-state index in [1.54, 1.807) is 23.7 Å². The highest BCUT2D eigenvalue weighted by Crippen LogP contribution is 2.23. The van der Waals surface area contributed by atoms with Gasteiger partial charge in [-0.15, -0.1) is 11.8 Å². The van der Waals surface area contributed by atoms with E-state index >= 15 is 0 Å². The van der Waals surface area contributed by atoms with Gasteiger partial charge in [0.15, 0.2) is 0 Å². The number of carbonyl (C=O) groups is 1. The molecule has 0 bridgehead atoms. The van der Waals surface area contributed by atoms with Crippen LogP contribution in [0, 0.1) is 10.1 Å². The maximum atomic E-state index is 12.7. The summed E-state index contributed by atoms with van der Waals surface area (Å²) in [7, 11) is -2.58. The summed E-state index contributed by atoms with van der Waals surface area (Å²) >= 11 is 1.64. The monoisotopic (exact) mass is 472 g/mol. The summed E-state index contributed by atoms with van der Waals surface area (Å²) in [6.07, 6.45) is 1.99. The van der Waals surface area contributed by atoms with Gasteiger partial charge in [0.25, 0.3) is 11.6 Å². The van der Waals surface area contributed by atoms with Crippen LogP contribution in [0.1, 0.15) is 15.9 Å². The molecule has 0 spiro atoms. The van der Waals surface area contributed by atoms with Crippen LogP contribution in [-0.2, 0) is 16.7 Å². The van der Waals surface area contributed by atoms with Crippen molar-refractivity contribution in [2.45, 2.75) is 16.3 Å². The zero-order chi connectivity index (χ0) is 23.3. The number of amides is 1. The summed E-state index contributed by atoms with van der Waals surface area (Å²) in [5, 5.41) is 10.9. The number of nitro groups is 1. The molecule has 32 heavy (non-hydrogen) atoms. The van der Waals surface area contributed by atoms with Gasteiger partial charge >= 0.3 is 10.1 Å². The van der Waals surface area contributed by atoms with Crippen molar-refractivity contribution in [1.82, 2.24) is 4.90 Å². The second kappa shape index (κ2) is 9.84. The van der Waals surface area contributed by atoms with E-state index < -0.39 is 15.0 Å². The highest BCUT2D eigenvalue weighted by atomic mass is 32.2. The molecule has 0 saturated heterocycles. The van der Waals surface area contributed by atoms with Crippen molar-refractivity contribution in [3.63, 3.8) is 0 Å². The summed E-state index contributed by atoms with van der Waals surface area (Å²) in [4.78, 5) is 25.2. The standard InChI is InChI=1S/C22H20N2O6S2/c1-23(15-16-6-12-20(31-2)13-7-16)22(25)17-8-10-19(11-9-17)30-32(28,29)21-5-3-4-18(14-21)24(26)27/h3-14H,15H2,1-2H3. The van der Waals surface area contributed by atoms with Gasteiger partial charge in [0.1, 0.15) is 10.6 Å². The lowest BCUT2D eigenvalue weighted by Crippen LogP contribution is -2.26. The first-order valence-corrected chi connectivity index (χ1v) is 12.0. The zero-order valence-corrected chi connectivity index (χ0v) is 18.9. The quantitative estimate of drug-likeness (QED) is 0.207. The average Bonchev–Trinajstić information content (AvgIpc) is 2.79. The predicted molar refractivity (Wildman–Crippen MR) is 121 cm³/mol. The zero-order valence-electron chi connectivity index (χ0n) is 17.3. The Morgan fingerprint density at radius 2 is 1.72 bits per heavy atom. The van der Waals surface area contributed by atoms with Crippen molar-refractivity contribution in [2.75, 3.05) is 13.3 Å². The van der Waals surface area contributed by atoms with Gasteiger partial charge in [0.2, 0.25) is 0 Å². The molecule has 3 rings (SSSR count). The molecular formula is C22H20N2O6S2. The highest BCUT2D eigenvalue weighted by Gasteiger charge is 2.20. The molecule has 0 aliphatic carbocycles. The number of nitro benzene ring substituents is 1. The van der Waals surface area contributed by atoms with Crippen LogP contribution in [0.15, 0.2) is 82.6 Å². The summed E-state index contributed by atoms with van der Waals surface area (Å²) in [6.45, 7) is 0.424. The fraction of sp³-hybridized carbons (Fsp3) is 0.136. The first kappa shape index (κ1) is 23.3. The molecule has 166 valence electrons. The van der Waals surface area contributed by atoms with Crippen molar-refractivity contribution in [1.29, 1.82) is 0 Å². The number of carbonyl (C=O) groups excluding carboxylic acids is 1. The average molecular weight is 473 g/mol. The molecule has 3 aromatic rings. The van der Waals surface area contributed by atoms with Crippen molar-refractivity contribution in [2.24, 2.45) is 0 Å². The fourth-order valence-corrected chi connectivity index (χ4v) is 4.26. The van der Waals surface area contributed by atoms with Crippen molar-refractivity contribution in [3.05, 3.63) is 94.0 Å². The lowest BCUT2D eigenvalue weighted by molar-refractivity contribution is -0.385. The third kappa shape index (κ3) is 5.65. The Balaban J connectivity index is 1.69. The summed E-state index contributed by atoms with van der Waals surface area (Å²) < 4.78 is 29.9. The van der Waals surface area contributed by atoms with Gasteiger partial charge in [-0.2, -0.15) is 8.42 Å². The molecule has 0 aliphatic heterocycles. The second-order valence-electron chi connectivity index (χ2n) is 6.83. The van der Waals surface area contributed by atoms with Crippen LogP contribution in [0.5, 0.6) is 5.75 Å². The van der Waals surface area contributed by atoms with E-state index in [-0.39, 0.29) is 22.2 Å². The lowest BCUT2D eigenvalue weighted by Gasteiger charge is -2.18. The van der Waals surface area contributed by atoms with E-state index in [9.17, 15) is 23.3 Å². The van der Waals surface area contributed by atoms with Crippen LogP contribution in [0.2, 0.25) is 0 Å². The van der Waals surface area contributed by atoms with Gasteiger partial charge in [0.05, 0.1) is 4.92 Å². The van der Waals surface area contributed by atoms with Gasteiger partial charge in [-0.1, -0.05) is 18.2 Å². The molecule has 0 N–H and O–H groups in total. The number of benzene rings is 3. The Morgan fingerprint density at radius 1 is 1.06 bits per heavy atom. The number of thioether (sulfide) groups is 1. The Hall–Kier alpha value is -3.37. The largest absolute Gasteiger partial charge is 0.379 e. The third-order valence-electron chi connectivity index (χ3n) is 4.55. The topological polar surface area (TPSA) is 107 Å². The molecule has 0 fully saturated rings. The Labute approximate surface area is 190 Å². The Morgan fingerprint density at radius 3 is 2.31 bits per heavy atom. The van der Waals surface area contributed by atoms with E-state index in [0.29, 0.717) is 12.1 Å². The van der Waals surface area contributed by atoms with Crippen LogP contribution in [0.25, 0.3) is 0 Å². The van der Waals surface area contributed by atoms with Crippen LogP contribution in [0.3, 0.4) is 0 Å². The Bertz CT molecular complexity index is 1230. The van der Waals surface area contributed by atoms with Crippen LogP contribution in [-0.4, -0.2) is 37.5 Å². The smallest absolute Gasteiger partial charge is 0.339 e. The van der Waals surface area contributed by atoms with Crippen molar-refractivity contribution >= 4 is 33.5 Å². The molecule has 0 radical (unpaired) electrons. The molecule has 0 heterocycles. The van der Waals surface area contributed by atoms with E-state index in [1.807, 2.05) is 30.5 Å². The minimum absolute atomic E-state index is 0.0108. The number of nitrogens with zero attached hydrogens (tertiary/aromatic N) is 2. The summed E-state index contributed by atoms with van der Waals surface area (Å²) in [6, 6.07) is 18.2. The highest BCUT2D eigenvalue weighted by molar-refractivity contribution is 7.98. The van der Waals surface area contributed by atoms with E-state index in [0.717, 1.165) is 16.5 Å². The van der Waals surface area contributed by atoms with Crippen molar-refractivity contribution in [3.8, 4) is 5.75 Å². The van der Waals surface area contributed by atoms with Crippen LogP contribution in [0.4, 0.5) is 5.69 Å². The van der Waals surface area contributed by atoms with Crippen LogP contribution >= 0.6 is 11.8 Å². The first-order valence-electron chi connectivity index (χ1n) is 9.37. The predicted octanol–water partition coefficient (Wildman–Crippen LogP) is 4.36. The third-order valence-corrected chi connectivity index (χ3v) is 6.54. The van der Waals surface area contributed by atoms with E-state index in [4.69, 9.17) is 4.18 Å². The maximum Gasteiger partial charge on any atom is 0.339 e. The van der Waals surface area contributed by atoms with Gasteiger partial charge in [0, 0.05) is 36.2 Å². The molecule has 8 nitrogen and oxygen atoms in total. The van der Waals surface area contributed by atoms with E-state index in [2.05, 4.69) is 0 Å². The van der Waals surface area contributed by atoms with E-state index in [1.165, 1.54) is 42.5 Å². The molecule has 0 atom stereocenters. The van der Waals surface area contributed by atoms with Gasteiger partial charge in [-0.3, -0.25) is 14.9 Å². The normalized spacial score (nSPS) is 11.1. The lowest BCUT2D eigenvalue weighted by atomic mass is 10.1. The van der Waals surface area contributed by atoms with Gasteiger partial charge < -0.3 is 9.08 Å². The number of rotatable bonds is 8. The molecule has 0 unspecified atom stereocenters. The second-order valence-corrected chi connectivity index (χ2v) is 9.25. The molecule has 0 aromatic heterocycles. The molecule has 1 amide bonds. The summed E-state index contributed by atoms with van der Waals surface area (Å²) in [5.41, 5.74) is 0.997. The molecule has 3 aromatic carbocycles. The SMILES string of the molecule is CSc1ccc(CN(C)C(=O)c2ccc(OS(=O)(=O)c3cccc([N+](=O)[O-])c3)cc2)cc1. The number of non-ortho nitro benzene ring substituents is 1. The molecule has 0 saturated carbocycles. The minimum atomic E-state index is -4.27. The van der Waals surface area contributed by atoms with Crippen LogP contribution < -0.4 is 4.18 Å². The minimum Gasteiger partial charge on any atom is -0.379 e. The maximum absolute atomic E-state index is 12.7. The first-order chi connectivity index (χ1) is 15.2. The number of hydrogen-bond acceptors (Lipinski definition) is 7. The number of hydrogen-bond donors (Lipinski definition) is 0. The summed E-state index contributed by atoms with van der Waals surface area (Å²) in [5.74, 6) is -0.240. The molecular weight excluding hydrogens is 452 g/mol. The molecule has 10 heteroatoms. The van der Waals surface area contributed by atoms with Gasteiger partial charge in [-0.05, 0) is 54.3 Å².